The van der Waals surface area contributed by atoms with Gasteiger partial charge in [0.1, 0.15) is 0 Å². The summed E-state index contributed by atoms with van der Waals surface area (Å²) in [6, 6.07) is 0. The van der Waals surface area contributed by atoms with Crippen LogP contribution in [0.2, 0.25) is 0 Å². The molecular weight excluding hydrogens is 196 g/mol. The maximum atomic E-state index is 10.4. The van der Waals surface area contributed by atoms with Crippen molar-refractivity contribution in [2.24, 2.45) is 11.5 Å². The monoisotopic (exact) mass is 214 g/mol. The number of allylic oxidation sites excluding steroid dienone is 1. The fraction of sp³-hybridized carbons (Fsp3) is 0.400. The molecular formula is C10H18N2O3. The quantitative estimate of drug-likeness (QED) is 0.455. The summed E-state index contributed by atoms with van der Waals surface area (Å²) in [5.74, 6) is -1.33. The van der Waals surface area contributed by atoms with Crippen LogP contribution in [0.25, 0.3) is 0 Å². The summed E-state index contributed by atoms with van der Waals surface area (Å²) < 4.78 is 0. The van der Waals surface area contributed by atoms with Gasteiger partial charge in [0.15, 0.2) is 0 Å². The minimum Gasteiger partial charge on any atom is -0.478 e. The fourth-order valence-corrected chi connectivity index (χ4v) is 0.537. The van der Waals surface area contributed by atoms with Crippen LogP contribution in [0.3, 0.4) is 0 Å². The van der Waals surface area contributed by atoms with Gasteiger partial charge in [-0.1, -0.05) is 12.7 Å². The zero-order valence-corrected chi connectivity index (χ0v) is 8.90. The van der Waals surface area contributed by atoms with E-state index in [1.165, 1.54) is 0 Å². The first-order valence-corrected chi connectivity index (χ1v) is 4.47. The third kappa shape index (κ3) is 15.2. The minimum absolute atomic E-state index is 0.350. The lowest BCUT2D eigenvalue weighted by atomic mass is 10.2. The van der Waals surface area contributed by atoms with Gasteiger partial charge in [-0.05, 0) is 26.3 Å². The molecule has 0 aliphatic rings. The number of primary amides is 1. The van der Waals surface area contributed by atoms with Crippen molar-refractivity contribution in [3.63, 3.8) is 0 Å². The van der Waals surface area contributed by atoms with Gasteiger partial charge in [-0.2, -0.15) is 0 Å². The Bertz CT molecular complexity index is 247. The molecule has 5 N–H and O–H groups in total. The number of carboxylic acids is 1. The standard InChI is InChI=1S/C7H14N2O.C3H4O2/c1-6(7(9)10)4-2-3-5-8;1-2-3(4)5/h4H,2-3,5,8H2,1H3,(H2,9,10);2H,1H2,(H,4,5). The second-order valence-electron chi connectivity index (χ2n) is 2.72. The molecule has 0 atom stereocenters. The van der Waals surface area contributed by atoms with Crippen LogP contribution in [-0.4, -0.2) is 23.5 Å². The normalized spacial score (nSPS) is 9.87. The summed E-state index contributed by atoms with van der Waals surface area (Å²) in [5, 5.41) is 7.60. The van der Waals surface area contributed by atoms with Crippen LogP contribution < -0.4 is 11.5 Å². The molecule has 86 valence electrons. The molecule has 1 amide bonds. The highest BCUT2D eigenvalue weighted by Gasteiger charge is 1.93. The molecule has 0 aromatic rings. The number of carbonyl (C=O) groups is 2. The van der Waals surface area contributed by atoms with Crippen LogP contribution in [-0.2, 0) is 9.59 Å². The molecule has 5 heteroatoms. The SMILES string of the molecule is C=CC(=O)O.CC(=CCCCN)C(N)=O. The molecule has 0 unspecified atom stereocenters. The topological polar surface area (TPSA) is 106 Å². The number of amides is 1. The van der Waals surface area contributed by atoms with Gasteiger partial charge in [-0.25, -0.2) is 4.79 Å². The molecule has 5 nitrogen and oxygen atoms in total. The van der Waals surface area contributed by atoms with Crippen molar-refractivity contribution < 1.29 is 14.7 Å². The summed E-state index contributed by atoms with van der Waals surface area (Å²) in [5.41, 5.74) is 10.8. The van der Waals surface area contributed by atoms with Crippen LogP contribution >= 0.6 is 0 Å². The largest absolute Gasteiger partial charge is 0.478 e. The van der Waals surface area contributed by atoms with E-state index in [9.17, 15) is 9.59 Å². The summed E-state index contributed by atoms with van der Waals surface area (Å²) in [4.78, 5) is 19.7. The number of carboxylic acid groups (broad SMARTS) is 1. The van der Waals surface area contributed by atoms with Crippen molar-refractivity contribution in [3.8, 4) is 0 Å². The first kappa shape index (κ1) is 15.8. The smallest absolute Gasteiger partial charge is 0.327 e. The molecule has 0 spiro atoms. The van der Waals surface area contributed by atoms with Crippen LogP contribution in [0.1, 0.15) is 19.8 Å². The molecule has 0 bridgehead atoms. The van der Waals surface area contributed by atoms with E-state index in [1.54, 1.807) is 6.92 Å². The second-order valence-corrected chi connectivity index (χ2v) is 2.72. The van der Waals surface area contributed by atoms with E-state index >= 15 is 0 Å². The van der Waals surface area contributed by atoms with Gasteiger partial charge in [-0.3, -0.25) is 4.79 Å². The molecule has 0 aromatic carbocycles. The van der Waals surface area contributed by atoms with Crippen molar-refractivity contribution in [2.75, 3.05) is 6.54 Å². The highest BCUT2D eigenvalue weighted by atomic mass is 16.4. The molecule has 0 fully saturated rings. The number of nitrogens with two attached hydrogens (primary N) is 2. The molecule has 15 heavy (non-hydrogen) atoms. The predicted octanol–water partition coefficient (Wildman–Crippen LogP) is 0.414. The Labute approximate surface area is 89.4 Å². The van der Waals surface area contributed by atoms with E-state index in [4.69, 9.17) is 16.6 Å². The van der Waals surface area contributed by atoms with Crippen LogP contribution in [0.5, 0.6) is 0 Å². The predicted molar refractivity (Wildman–Crippen MR) is 59.1 cm³/mol. The first-order chi connectivity index (χ1) is 6.95. The van der Waals surface area contributed by atoms with E-state index in [2.05, 4.69) is 6.58 Å². The molecule has 0 radical (unpaired) electrons. The number of rotatable bonds is 5. The molecule has 0 rings (SSSR count). The van der Waals surface area contributed by atoms with Crippen molar-refractivity contribution in [1.29, 1.82) is 0 Å². The second kappa shape index (κ2) is 10.5. The number of hydrogen-bond acceptors (Lipinski definition) is 3. The zero-order chi connectivity index (χ0) is 12.3. The Kier molecular flexibility index (Phi) is 11.0. The molecule has 0 saturated carbocycles. The van der Waals surface area contributed by atoms with Gasteiger partial charge in [0.05, 0.1) is 0 Å². The number of hydrogen-bond donors (Lipinski definition) is 3. The lowest BCUT2D eigenvalue weighted by Crippen LogP contribution is -2.11. The zero-order valence-electron chi connectivity index (χ0n) is 8.90. The third-order valence-electron chi connectivity index (χ3n) is 1.42. The lowest BCUT2D eigenvalue weighted by molar-refractivity contribution is -0.131. The maximum absolute atomic E-state index is 10.4. The van der Waals surface area contributed by atoms with E-state index in [0.717, 1.165) is 18.9 Å². The van der Waals surface area contributed by atoms with Gasteiger partial charge in [0, 0.05) is 11.6 Å². The van der Waals surface area contributed by atoms with E-state index in [0.29, 0.717) is 12.1 Å². The third-order valence-corrected chi connectivity index (χ3v) is 1.42. The Morgan fingerprint density at radius 2 is 1.93 bits per heavy atom. The van der Waals surface area contributed by atoms with Gasteiger partial charge in [-0.15, -0.1) is 0 Å². The van der Waals surface area contributed by atoms with Gasteiger partial charge >= 0.3 is 5.97 Å². The average molecular weight is 214 g/mol. The summed E-state index contributed by atoms with van der Waals surface area (Å²) >= 11 is 0. The fourth-order valence-electron chi connectivity index (χ4n) is 0.537. The van der Waals surface area contributed by atoms with Crippen molar-refractivity contribution in [1.82, 2.24) is 0 Å². The Balaban J connectivity index is 0. The van der Waals surface area contributed by atoms with E-state index in [1.807, 2.05) is 6.08 Å². The summed E-state index contributed by atoms with van der Waals surface area (Å²) in [7, 11) is 0. The highest BCUT2D eigenvalue weighted by molar-refractivity contribution is 5.91. The van der Waals surface area contributed by atoms with E-state index < -0.39 is 5.97 Å². The summed E-state index contributed by atoms with van der Waals surface area (Å²) in [6.45, 7) is 5.32. The molecule has 0 heterocycles. The Morgan fingerprint density at radius 3 is 2.20 bits per heavy atom. The first-order valence-electron chi connectivity index (χ1n) is 4.47. The van der Waals surface area contributed by atoms with Crippen LogP contribution in [0.4, 0.5) is 0 Å². The van der Waals surface area contributed by atoms with Gasteiger partial charge in [0.2, 0.25) is 5.91 Å². The van der Waals surface area contributed by atoms with Gasteiger partial charge < -0.3 is 16.6 Å². The Morgan fingerprint density at radius 1 is 1.47 bits per heavy atom. The molecule has 0 aliphatic heterocycles. The van der Waals surface area contributed by atoms with Crippen LogP contribution in [0.15, 0.2) is 24.3 Å². The van der Waals surface area contributed by atoms with Crippen molar-refractivity contribution in [2.45, 2.75) is 19.8 Å². The number of unbranched alkanes of at least 4 members (excludes halogenated alkanes) is 1. The number of aliphatic carboxylic acids is 1. The molecule has 0 saturated heterocycles. The summed E-state index contributed by atoms with van der Waals surface area (Å²) in [6.07, 6.45) is 4.39. The van der Waals surface area contributed by atoms with E-state index in [-0.39, 0.29) is 5.91 Å². The van der Waals surface area contributed by atoms with Crippen molar-refractivity contribution >= 4 is 11.9 Å². The highest BCUT2D eigenvalue weighted by Crippen LogP contribution is 1.95. The Hall–Kier alpha value is -1.62. The number of carbonyl (C=O) groups excluding carboxylic acids is 1. The molecule has 0 aromatic heterocycles. The minimum atomic E-state index is -0.981. The van der Waals surface area contributed by atoms with Crippen molar-refractivity contribution in [3.05, 3.63) is 24.3 Å². The lowest BCUT2D eigenvalue weighted by Gasteiger charge is -1.92. The van der Waals surface area contributed by atoms with Crippen LogP contribution in [0, 0.1) is 0 Å². The molecule has 0 aliphatic carbocycles. The average Bonchev–Trinajstić information content (AvgIpc) is 2.18. The van der Waals surface area contributed by atoms with Gasteiger partial charge in [0.25, 0.3) is 0 Å². The maximum Gasteiger partial charge on any atom is 0.327 e.